The summed E-state index contributed by atoms with van der Waals surface area (Å²) in [6.07, 6.45) is 1.46. The number of aliphatic imine (C=N–C) groups is 1. The van der Waals surface area contributed by atoms with Crippen molar-refractivity contribution in [2.45, 2.75) is 37.2 Å². The van der Waals surface area contributed by atoms with Gasteiger partial charge in [0.15, 0.2) is 0 Å². The number of aromatic nitrogens is 1. The molecule has 8 heteroatoms. The van der Waals surface area contributed by atoms with Crippen molar-refractivity contribution in [2.75, 3.05) is 13.2 Å². The zero-order valence-electron chi connectivity index (χ0n) is 15.1. The molecule has 3 heterocycles. The van der Waals surface area contributed by atoms with Crippen LogP contribution in [-0.4, -0.2) is 47.8 Å². The average molecular weight is 386 g/mol. The van der Waals surface area contributed by atoms with Gasteiger partial charge in [-0.15, -0.1) is 0 Å². The predicted octanol–water partition coefficient (Wildman–Crippen LogP) is 1.42. The van der Waals surface area contributed by atoms with Gasteiger partial charge in [-0.25, -0.2) is 13.4 Å². The van der Waals surface area contributed by atoms with Crippen LogP contribution in [0.3, 0.4) is 0 Å². The number of nitrogens with two attached hydrogens (primary N) is 1. The molecule has 1 atom stereocenters. The first-order valence-corrected chi connectivity index (χ1v) is 10.4. The Bertz CT molecular complexity index is 1030. The van der Waals surface area contributed by atoms with E-state index in [2.05, 4.69) is 9.98 Å². The molecule has 27 heavy (non-hydrogen) atoms. The van der Waals surface area contributed by atoms with Crippen LogP contribution in [0.5, 0.6) is 0 Å². The summed E-state index contributed by atoms with van der Waals surface area (Å²) < 4.78 is 27.3. The second kappa shape index (κ2) is 6.70. The Hall–Kier alpha value is -2.29. The van der Waals surface area contributed by atoms with E-state index in [0.29, 0.717) is 31.0 Å². The van der Waals surface area contributed by atoms with E-state index >= 15 is 0 Å². The van der Waals surface area contributed by atoms with Crippen LogP contribution in [0.2, 0.25) is 0 Å². The van der Waals surface area contributed by atoms with Crippen molar-refractivity contribution in [3.05, 3.63) is 47.2 Å². The number of hydrogen-bond acceptors (Lipinski definition) is 6. The van der Waals surface area contributed by atoms with Gasteiger partial charge in [0.05, 0.1) is 23.7 Å². The number of benzene rings is 1. The van der Waals surface area contributed by atoms with E-state index in [0.717, 1.165) is 28.8 Å². The lowest BCUT2D eigenvalue weighted by molar-refractivity contribution is 0.213. The molecule has 2 aromatic rings. The fourth-order valence-corrected chi connectivity index (χ4v) is 5.53. The Morgan fingerprint density at radius 3 is 2.85 bits per heavy atom. The molecule has 0 spiro atoms. The topological polar surface area (TPSA) is 109 Å². The Morgan fingerprint density at radius 1 is 1.30 bits per heavy atom. The van der Waals surface area contributed by atoms with E-state index in [-0.39, 0.29) is 17.5 Å². The lowest BCUT2D eigenvalue weighted by Gasteiger charge is -2.23. The van der Waals surface area contributed by atoms with Crippen LogP contribution in [0.25, 0.3) is 11.3 Å². The number of fused-ring (bicyclic) bond motifs is 1. The molecule has 2 aliphatic rings. The van der Waals surface area contributed by atoms with E-state index in [1.807, 2.05) is 19.1 Å². The zero-order chi connectivity index (χ0) is 19.2. The van der Waals surface area contributed by atoms with Gasteiger partial charge < -0.3 is 10.8 Å². The number of rotatable bonds is 4. The maximum absolute atomic E-state index is 13.0. The summed E-state index contributed by atoms with van der Waals surface area (Å²) in [5.74, 6) is 0.438. The molecular formula is C19H22N4O3S. The molecule has 0 amide bonds. The van der Waals surface area contributed by atoms with Gasteiger partial charge in [0.1, 0.15) is 11.5 Å². The molecule has 1 saturated heterocycles. The summed E-state index contributed by atoms with van der Waals surface area (Å²) in [4.78, 5) is 9.05. The molecule has 0 saturated carbocycles. The van der Waals surface area contributed by atoms with Crippen LogP contribution in [0.4, 0.5) is 0 Å². The second-order valence-corrected chi connectivity index (χ2v) is 8.87. The normalized spacial score (nSPS) is 19.9. The van der Waals surface area contributed by atoms with Gasteiger partial charge in [-0.3, -0.25) is 4.99 Å². The summed E-state index contributed by atoms with van der Waals surface area (Å²) in [5, 5.41) is 9.46. The third kappa shape index (κ3) is 3.03. The van der Waals surface area contributed by atoms with Gasteiger partial charge in [0.25, 0.3) is 0 Å². The SMILES string of the molecule is Cc1cc(S(=O)(=O)N2CCC[C@H]2CO)ccc1-c1ccc2c(n1)C(N)=NC2. The van der Waals surface area contributed by atoms with Crippen molar-refractivity contribution < 1.29 is 13.5 Å². The van der Waals surface area contributed by atoms with Crippen LogP contribution < -0.4 is 5.73 Å². The summed E-state index contributed by atoms with van der Waals surface area (Å²) in [5.41, 5.74) is 10.0. The maximum Gasteiger partial charge on any atom is 0.243 e. The molecule has 1 aromatic heterocycles. The quantitative estimate of drug-likeness (QED) is 0.826. The Morgan fingerprint density at radius 2 is 2.11 bits per heavy atom. The first-order chi connectivity index (χ1) is 12.9. The molecule has 1 fully saturated rings. The third-order valence-corrected chi connectivity index (χ3v) is 7.20. The van der Waals surface area contributed by atoms with E-state index < -0.39 is 10.0 Å². The summed E-state index contributed by atoms with van der Waals surface area (Å²) in [6.45, 7) is 2.71. The van der Waals surface area contributed by atoms with Crippen LogP contribution in [0, 0.1) is 6.92 Å². The minimum Gasteiger partial charge on any atom is -0.395 e. The number of aryl methyl sites for hydroxylation is 1. The first kappa shape index (κ1) is 18.1. The number of sulfonamides is 1. The number of nitrogens with zero attached hydrogens (tertiary/aromatic N) is 3. The fraction of sp³-hybridized carbons (Fsp3) is 0.368. The fourth-order valence-electron chi connectivity index (χ4n) is 3.76. The van der Waals surface area contributed by atoms with Crippen LogP contribution in [0.1, 0.15) is 29.7 Å². The van der Waals surface area contributed by atoms with Crippen molar-refractivity contribution >= 4 is 15.9 Å². The van der Waals surface area contributed by atoms with Crippen molar-refractivity contribution in [3.8, 4) is 11.3 Å². The monoisotopic (exact) mass is 386 g/mol. The van der Waals surface area contributed by atoms with Crippen LogP contribution in [0.15, 0.2) is 40.2 Å². The molecule has 142 valence electrons. The lowest BCUT2D eigenvalue weighted by Crippen LogP contribution is -2.37. The Labute approximate surface area is 158 Å². The van der Waals surface area contributed by atoms with Gasteiger partial charge in [-0.2, -0.15) is 4.31 Å². The lowest BCUT2D eigenvalue weighted by atomic mass is 10.0. The Kier molecular flexibility index (Phi) is 4.49. The molecule has 1 aromatic carbocycles. The second-order valence-electron chi connectivity index (χ2n) is 6.98. The molecule has 0 radical (unpaired) electrons. The Balaban J connectivity index is 1.70. The van der Waals surface area contributed by atoms with Gasteiger partial charge in [-0.05, 0) is 43.5 Å². The maximum atomic E-state index is 13.0. The summed E-state index contributed by atoms with van der Waals surface area (Å²) in [6, 6.07) is 8.59. The molecule has 7 nitrogen and oxygen atoms in total. The number of hydrogen-bond donors (Lipinski definition) is 2. The molecule has 0 unspecified atom stereocenters. The number of amidine groups is 1. The highest BCUT2D eigenvalue weighted by molar-refractivity contribution is 7.89. The van der Waals surface area contributed by atoms with E-state index in [9.17, 15) is 13.5 Å². The molecule has 2 aliphatic heterocycles. The minimum atomic E-state index is -3.63. The molecule has 0 aliphatic carbocycles. The van der Waals surface area contributed by atoms with Crippen molar-refractivity contribution in [1.29, 1.82) is 0 Å². The first-order valence-electron chi connectivity index (χ1n) is 8.96. The predicted molar refractivity (Wildman–Crippen MR) is 103 cm³/mol. The molecular weight excluding hydrogens is 364 g/mol. The van der Waals surface area contributed by atoms with E-state index in [4.69, 9.17) is 5.73 Å². The van der Waals surface area contributed by atoms with Crippen molar-refractivity contribution in [1.82, 2.24) is 9.29 Å². The number of pyridine rings is 1. The average Bonchev–Trinajstić information content (AvgIpc) is 3.28. The number of aliphatic hydroxyl groups is 1. The summed E-state index contributed by atoms with van der Waals surface area (Å²) in [7, 11) is -3.63. The van der Waals surface area contributed by atoms with E-state index in [1.165, 1.54) is 4.31 Å². The third-order valence-electron chi connectivity index (χ3n) is 5.26. The van der Waals surface area contributed by atoms with Gasteiger partial charge in [0.2, 0.25) is 10.0 Å². The van der Waals surface area contributed by atoms with Gasteiger partial charge in [-0.1, -0.05) is 12.1 Å². The number of aliphatic hydroxyl groups excluding tert-OH is 1. The van der Waals surface area contributed by atoms with Gasteiger partial charge >= 0.3 is 0 Å². The van der Waals surface area contributed by atoms with E-state index in [1.54, 1.807) is 18.2 Å². The molecule has 3 N–H and O–H groups in total. The van der Waals surface area contributed by atoms with Crippen LogP contribution in [-0.2, 0) is 16.6 Å². The smallest absolute Gasteiger partial charge is 0.243 e. The van der Waals surface area contributed by atoms with Crippen molar-refractivity contribution in [3.63, 3.8) is 0 Å². The highest BCUT2D eigenvalue weighted by atomic mass is 32.2. The summed E-state index contributed by atoms with van der Waals surface area (Å²) >= 11 is 0. The molecule has 4 rings (SSSR count). The van der Waals surface area contributed by atoms with Gasteiger partial charge in [0, 0.05) is 23.7 Å². The standard InChI is InChI=1S/C19H22N4O3S/c1-12-9-15(27(25,26)23-8-2-3-14(23)11-24)5-6-16(12)17-7-4-13-10-21-19(20)18(13)22-17/h4-7,9,14,24H,2-3,8,10-11H2,1H3,(H2,20,21)/t14-/m0/s1. The highest BCUT2D eigenvalue weighted by Crippen LogP contribution is 2.30. The van der Waals surface area contributed by atoms with Crippen LogP contribution >= 0.6 is 0 Å². The van der Waals surface area contributed by atoms with Crippen molar-refractivity contribution in [2.24, 2.45) is 10.7 Å². The largest absolute Gasteiger partial charge is 0.395 e. The zero-order valence-corrected chi connectivity index (χ0v) is 15.9. The highest BCUT2D eigenvalue weighted by Gasteiger charge is 2.35. The minimum absolute atomic E-state index is 0.154. The molecule has 0 bridgehead atoms.